The Bertz CT molecular complexity index is 1020. The summed E-state index contributed by atoms with van der Waals surface area (Å²) in [7, 11) is 4.13. The van der Waals surface area contributed by atoms with E-state index in [2.05, 4.69) is 53.9 Å². The van der Waals surface area contributed by atoms with Gasteiger partial charge < -0.3 is 15.5 Å². The van der Waals surface area contributed by atoms with Gasteiger partial charge in [-0.1, -0.05) is 35.9 Å². The fourth-order valence-electron chi connectivity index (χ4n) is 4.17. The molecular formula is C25H30N4O. The summed E-state index contributed by atoms with van der Waals surface area (Å²) in [5.41, 5.74) is 4.07. The number of aromatic nitrogens is 1. The number of hydrogen-bond donors (Lipinski definition) is 2. The van der Waals surface area contributed by atoms with Gasteiger partial charge in [0.2, 0.25) is 0 Å². The molecule has 0 aliphatic heterocycles. The Morgan fingerprint density at radius 3 is 2.33 bits per heavy atom. The van der Waals surface area contributed by atoms with E-state index in [1.807, 2.05) is 37.3 Å². The summed E-state index contributed by atoms with van der Waals surface area (Å²) in [5.74, 6) is 0.947. The Labute approximate surface area is 178 Å². The first-order valence-corrected chi connectivity index (χ1v) is 10.7. The molecule has 1 amide bonds. The summed E-state index contributed by atoms with van der Waals surface area (Å²) in [6.07, 6.45) is 3.99. The lowest BCUT2D eigenvalue weighted by atomic mass is 9.91. The number of carbonyl (C=O) groups is 1. The van der Waals surface area contributed by atoms with Crippen molar-refractivity contribution in [3.05, 3.63) is 65.7 Å². The van der Waals surface area contributed by atoms with Gasteiger partial charge in [-0.3, -0.25) is 4.79 Å². The van der Waals surface area contributed by atoms with E-state index in [0.29, 0.717) is 6.04 Å². The maximum atomic E-state index is 12.5. The van der Waals surface area contributed by atoms with Crippen LogP contribution in [0.2, 0.25) is 0 Å². The van der Waals surface area contributed by atoms with E-state index in [1.165, 1.54) is 5.69 Å². The minimum absolute atomic E-state index is 0.0261. The first-order chi connectivity index (χ1) is 14.5. The molecule has 3 aromatic rings. The van der Waals surface area contributed by atoms with E-state index < -0.39 is 0 Å². The van der Waals surface area contributed by atoms with E-state index in [9.17, 15) is 4.79 Å². The molecule has 0 saturated heterocycles. The van der Waals surface area contributed by atoms with Gasteiger partial charge in [0.25, 0.3) is 5.91 Å². The molecule has 2 N–H and O–H groups in total. The van der Waals surface area contributed by atoms with Crippen LogP contribution < -0.4 is 15.5 Å². The van der Waals surface area contributed by atoms with E-state index >= 15 is 0 Å². The molecule has 5 heteroatoms. The van der Waals surface area contributed by atoms with E-state index in [0.717, 1.165) is 53.5 Å². The number of carbonyl (C=O) groups excluding carboxylic acids is 1. The summed E-state index contributed by atoms with van der Waals surface area (Å²) < 4.78 is 0. The van der Waals surface area contributed by atoms with Crippen molar-refractivity contribution in [1.82, 2.24) is 10.3 Å². The molecule has 1 fully saturated rings. The lowest BCUT2D eigenvalue weighted by molar-refractivity contribution is 0.0926. The number of fused-ring (bicyclic) bond motifs is 1. The molecule has 0 atom stereocenters. The Morgan fingerprint density at radius 1 is 0.967 bits per heavy atom. The van der Waals surface area contributed by atoms with Crippen molar-refractivity contribution >= 4 is 28.3 Å². The number of amides is 1. The van der Waals surface area contributed by atoms with Gasteiger partial charge in [0, 0.05) is 48.9 Å². The Morgan fingerprint density at radius 2 is 1.63 bits per heavy atom. The summed E-state index contributed by atoms with van der Waals surface area (Å²) in [6.45, 7) is 2.03. The minimum Gasteiger partial charge on any atom is -0.377 e. The molecule has 5 nitrogen and oxygen atoms in total. The number of hydrogen-bond acceptors (Lipinski definition) is 4. The normalized spacial score (nSPS) is 18.8. The van der Waals surface area contributed by atoms with E-state index in [1.54, 1.807) is 0 Å². The zero-order valence-electron chi connectivity index (χ0n) is 18.0. The van der Waals surface area contributed by atoms with Crippen molar-refractivity contribution in [3.8, 4) is 0 Å². The molecule has 1 saturated carbocycles. The van der Waals surface area contributed by atoms with Crippen LogP contribution in [0, 0.1) is 6.92 Å². The quantitative estimate of drug-likeness (QED) is 0.646. The van der Waals surface area contributed by atoms with E-state index in [-0.39, 0.29) is 11.9 Å². The first-order valence-electron chi connectivity index (χ1n) is 10.7. The first kappa shape index (κ1) is 20.2. The molecule has 1 aliphatic carbocycles. The summed E-state index contributed by atoms with van der Waals surface area (Å²) in [5, 5.41) is 7.99. The average molecular weight is 403 g/mol. The topological polar surface area (TPSA) is 57.3 Å². The predicted molar refractivity (Wildman–Crippen MR) is 124 cm³/mol. The maximum absolute atomic E-state index is 12.5. The summed E-state index contributed by atoms with van der Waals surface area (Å²) in [4.78, 5) is 19.4. The van der Waals surface area contributed by atoms with Crippen LogP contribution in [-0.2, 0) is 0 Å². The zero-order valence-corrected chi connectivity index (χ0v) is 18.0. The lowest BCUT2D eigenvalue weighted by Crippen LogP contribution is -2.40. The van der Waals surface area contributed by atoms with Crippen LogP contribution in [0.5, 0.6) is 0 Å². The third-order valence-corrected chi connectivity index (χ3v) is 5.90. The number of benzene rings is 2. The number of anilines is 2. The molecule has 0 radical (unpaired) electrons. The number of pyridine rings is 1. The second kappa shape index (κ2) is 8.74. The average Bonchev–Trinajstić information content (AvgIpc) is 2.75. The van der Waals surface area contributed by atoms with Crippen LogP contribution in [0.1, 0.15) is 41.6 Å². The monoisotopic (exact) mass is 402 g/mol. The number of nitrogens with one attached hydrogen (secondary N) is 2. The summed E-state index contributed by atoms with van der Waals surface area (Å²) >= 11 is 0. The van der Waals surface area contributed by atoms with Crippen LogP contribution >= 0.6 is 0 Å². The zero-order chi connectivity index (χ0) is 21.1. The van der Waals surface area contributed by atoms with Crippen molar-refractivity contribution in [1.29, 1.82) is 0 Å². The van der Waals surface area contributed by atoms with Gasteiger partial charge in [-0.05, 0) is 50.8 Å². The van der Waals surface area contributed by atoms with Crippen LogP contribution in [0.4, 0.5) is 11.5 Å². The van der Waals surface area contributed by atoms with Gasteiger partial charge in [-0.25, -0.2) is 4.98 Å². The van der Waals surface area contributed by atoms with Crippen LogP contribution in [-0.4, -0.2) is 37.1 Å². The van der Waals surface area contributed by atoms with Gasteiger partial charge in [0.15, 0.2) is 0 Å². The molecule has 0 spiro atoms. The molecule has 0 unspecified atom stereocenters. The second-order valence-electron chi connectivity index (χ2n) is 8.47. The third kappa shape index (κ3) is 4.56. The summed E-state index contributed by atoms with van der Waals surface area (Å²) in [6, 6.07) is 18.7. The SMILES string of the molecule is Cc1ccc(C(=O)NC2CCC(Nc3cc(N(C)C)c4ccccc4n3)CC2)cc1. The molecule has 1 aliphatic rings. The number of nitrogens with zero attached hydrogens (tertiary/aromatic N) is 2. The van der Waals surface area contributed by atoms with Crippen molar-refractivity contribution in [2.75, 3.05) is 24.3 Å². The highest BCUT2D eigenvalue weighted by atomic mass is 16.1. The standard InChI is InChI=1S/C25H30N4O/c1-17-8-10-18(11-9-17)25(30)27-20-14-12-19(13-15-20)26-24-16-23(29(2)3)21-6-4-5-7-22(21)28-24/h4-11,16,19-20H,12-15H2,1-3H3,(H,26,28)(H,27,30). The van der Waals surface area contributed by atoms with Crippen molar-refractivity contribution < 1.29 is 4.79 Å². The molecule has 1 heterocycles. The molecular weight excluding hydrogens is 372 g/mol. The van der Waals surface area contributed by atoms with Gasteiger partial charge >= 0.3 is 0 Å². The smallest absolute Gasteiger partial charge is 0.251 e. The molecule has 0 bridgehead atoms. The van der Waals surface area contributed by atoms with Crippen LogP contribution in [0.25, 0.3) is 10.9 Å². The fourth-order valence-corrected chi connectivity index (χ4v) is 4.17. The van der Waals surface area contributed by atoms with E-state index in [4.69, 9.17) is 4.98 Å². The Hall–Kier alpha value is -3.08. The van der Waals surface area contributed by atoms with Crippen LogP contribution in [0.3, 0.4) is 0 Å². The van der Waals surface area contributed by atoms with Gasteiger partial charge in [-0.15, -0.1) is 0 Å². The van der Waals surface area contributed by atoms with Crippen molar-refractivity contribution in [3.63, 3.8) is 0 Å². The number of aryl methyl sites for hydroxylation is 1. The molecule has 30 heavy (non-hydrogen) atoms. The highest BCUT2D eigenvalue weighted by Gasteiger charge is 2.23. The van der Waals surface area contributed by atoms with Gasteiger partial charge in [0.1, 0.15) is 5.82 Å². The Balaban J connectivity index is 1.37. The molecule has 2 aromatic carbocycles. The number of rotatable bonds is 5. The highest BCUT2D eigenvalue weighted by molar-refractivity contribution is 5.94. The van der Waals surface area contributed by atoms with Crippen molar-refractivity contribution in [2.24, 2.45) is 0 Å². The predicted octanol–water partition coefficient (Wildman–Crippen LogP) is 4.76. The maximum Gasteiger partial charge on any atom is 0.251 e. The highest BCUT2D eigenvalue weighted by Crippen LogP contribution is 2.29. The minimum atomic E-state index is 0.0261. The lowest BCUT2D eigenvalue weighted by Gasteiger charge is -2.30. The largest absolute Gasteiger partial charge is 0.377 e. The molecule has 4 rings (SSSR count). The molecule has 156 valence electrons. The number of para-hydroxylation sites is 1. The van der Waals surface area contributed by atoms with Crippen LogP contribution in [0.15, 0.2) is 54.6 Å². The van der Waals surface area contributed by atoms with Gasteiger partial charge in [0.05, 0.1) is 5.52 Å². The van der Waals surface area contributed by atoms with Crippen molar-refractivity contribution in [2.45, 2.75) is 44.7 Å². The van der Waals surface area contributed by atoms with Gasteiger partial charge in [-0.2, -0.15) is 0 Å². The second-order valence-corrected chi connectivity index (χ2v) is 8.47. The fraction of sp³-hybridized carbons (Fsp3) is 0.360. The third-order valence-electron chi connectivity index (χ3n) is 5.90. The Kier molecular flexibility index (Phi) is 5.88. The molecule has 1 aromatic heterocycles.